The van der Waals surface area contributed by atoms with Crippen LogP contribution in [0, 0.1) is 13.8 Å². The Kier molecular flexibility index (Phi) is 35.9. The lowest BCUT2D eigenvalue weighted by atomic mass is 9.85. The van der Waals surface area contributed by atoms with Gasteiger partial charge >= 0.3 is 18.3 Å². The first-order valence-corrected chi connectivity index (χ1v) is 31.6. The highest BCUT2D eigenvalue weighted by Crippen LogP contribution is 2.34. The minimum atomic E-state index is -0.717. The Hall–Kier alpha value is -9.48. The highest BCUT2D eigenvalue weighted by Gasteiger charge is 2.28. The molecule has 1 aromatic heterocycles. The number of nitrogens with one attached hydrogen (secondary N) is 3. The molecule has 7 rings (SSSR count). The van der Waals surface area contributed by atoms with E-state index in [0.29, 0.717) is 24.8 Å². The summed E-state index contributed by atoms with van der Waals surface area (Å²) in [7, 11) is 0. The fourth-order valence-corrected chi connectivity index (χ4v) is 8.62. The molecule has 0 radical (unpaired) electrons. The number of aryl methyl sites for hydroxylation is 2. The summed E-state index contributed by atoms with van der Waals surface area (Å²) in [6.07, 6.45) is 9.05. The number of carbonyl (C=O) groups excluding carboxylic acids is 3. The van der Waals surface area contributed by atoms with E-state index in [1.54, 1.807) is 67.0 Å². The predicted molar refractivity (Wildman–Crippen MR) is 391 cm³/mol. The van der Waals surface area contributed by atoms with Gasteiger partial charge in [-0.3, -0.25) is 20.9 Å². The number of benzene rings is 5. The summed E-state index contributed by atoms with van der Waals surface area (Å²) in [5.41, 5.74) is 29.7. The first-order valence-electron chi connectivity index (χ1n) is 31.1. The molecule has 5 aromatic carbocycles. The number of aromatic nitrogens is 2. The Labute approximate surface area is 564 Å². The molecule has 1 aliphatic rings. The van der Waals surface area contributed by atoms with Crippen LogP contribution in [-0.4, -0.2) is 82.2 Å². The van der Waals surface area contributed by atoms with Crippen molar-refractivity contribution in [2.75, 3.05) is 25.5 Å². The Bertz CT molecular complexity index is 3420. The average molecular weight is 1300 g/mol. The largest absolute Gasteiger partial charge is 0.444 e. The number of hydrogen-bond donors (Lipinski definition) is 5. The Balaban J connectivity index is 0.000000398. The minimum Gasteiger partial charge on any atom is -0.444 e. The van der Waals surface area contributed by atoms with Crippen LogP contribution in [-0.2, 0) is 19.7 Å². The topological polar surface area (TPSA) is 258 Å². The lowest BCUT2D eigenvalue weighted by molar-refractivity contribution is 0.0532. The number of carbonyl (C=O) groups is 3. The first-order chi connectivity index (χ1) is 44.3. The fraction of sp³-hybridized carbons (Fsp3) is 0.360. The molecule has 0 aliphatic carbocycles. The second kappa shape index (κ2) is 41.9. The number of nitrogens with two attached hydrogens (primary N) is 2. The number of alkyl carbamates (subject to hydrolysis) is 3. The summed E-state index contributed by atoms with van der Waals surface area (Å²) in [5, 5.41) is 15.1. The summed E-state index contributed by atoms with van der Waals surface area (Å²) in [6, 6.07) is 52.6. The van der Waals surface area contributed by atoms with Crippen LogP contribution in [0.15, 0.2) is 204 Å². The maximum absolute atomic E-state index is 12.0. The molecule has 504 valence electrons. The third-order valence-corrected chi connectivity index (χ3v) is 13.1. The summed E-state index contributed by atoms with van der Waals surface area (Å²) < 4.78 is 17.1. The molecule has 0 spiro atoms. The van der Waals surface area contributed by atoms with Crippen molar-refractivity contribution >= 4 is 69.8 Å². The molecule has 6 aromatic rings. The minimum absolute atomic E-state index is 0.0411. The van der Waals surface area contributed by atoms with Gasteiger partial charge in [0.2, 0.25) is 5.96 Å². The molecule has 0 bridgehead atoms. The normalized spacial score (nSPS) is 13.8. The van der Waals surface area contributed by atoms with Crippen LogP contribution in [0.4, 0.5) is 14.4 Å². The summed E-state index contributed by atoms with van der Waals surface area (Å²) in [5.74, 6) is 1.72. The number of amides is 3. The van der Waals surface area contributed by atoms with E-state index in [-0.39, 0.29) is 18.0 Å². The summed E-state index contributed by atoms with van der Waals surface area (Å²) in [6.45, 7) is 35.0. The molecular formula is C75H101ClN12O6. The number of allylic oxidation sites excluding steroid dienone is 5. The Morgan fingerprint density at radius 3 is 1.35 bits per heavy atom. The summed E-state index contributed by atoms with van der Waals surface area (Å²) >= 11 is 5.57. The zero-order valence-electron chi connectivity index (χ0n) is 58.1. The van der Waals surface area contributed by atoms with E-state index in [0.717, 1.165) is 58.8 Å². The number of amidine groups is 1. The van der Waals surface area contributed by atoms with Crippen LogP contribution in [0.25, 0.3) is 38.6 Å². The lowest BCUT2D eigenvalue weighted by Gasteiger charge is -2.30. The van der Waals surface area contributed by atoms with E-state index in [4.69, 9.17) is 42.8 Å². The number of ether oxygens (including phenoxy) is 3. The van der Waals surface area contributed by atoms with Crippen molar-refractivity contribution < 1.29 is 28.6 Å². The van der Waals surface area contributed by atoms with Gasteiger partial charge in [0.05, 0.1) is 23.6 Å². The van der Waals surface area contributed by atoms with Crippen molar-refractivity contribution in [1.82, 2.24) is 25.7 Å². The molecule has 0 fully saturated rings. The maximum Gasteiger partial charge on any atom is 0.414 e. The second-order valence-corrected chi connectivity index (χ2v) is 25.1. The molecule has 2 heterocycles. The number of nitrogens with zero attached hydrogens (tertiary/aromatic N) is 7. The second-order valence-electron chi connectivity index (χ2n) is 24.8. The van der Waals surface area contributed by atoms with Gasteiger partial charge in [0.25, 0.3) is 0 Å². The quantitative estimate of drug-likeness (QED) is 0.0140. The van der Waals surface area contributed by atoms with Crippen molar-refractivity contribution in [2.24, 2.45) is 26.6 Å². The SMILES string of the molecule is C=C(NC(=O)OC(C)(C)C)n1nc(C)cc1C.CC(=CCCl)c1ccccc1.CC(=CCN)c1ccccc1.CC(=CCN=C(NC(=O)OC(C)(C)C)NC(=O)OC(C)(C)C)c1ccccc1.CC(=CCN=[N+]=[N-])c1ccccc1.CC1(c2ccccc2)CCCC(N)=N1. The van der Waals surface area contributed by atoms with Crippen molar-refractivity contribution in [3.63, 3.8) is 0 Å². The summed E-state index contributed by atoms with van der Waals surface area (Å²) in [4.78, 5) is 47.1. The van der Waals surface area contributed by atoms with E-state index >= 15 is 0 Å². The fourth-order valence-electron chi connectivity index (χ4n) is 8.39. The third-order valence-electron chi connectivity index (χ3n) is 12.9. The van der Waals surface area contributed by atoms with Crippen molar-refractivity contribution in [1.29, 1.82) is 0 Å². The van der Waals surface area contributed by atoms with Crippen molar-refractivity contribution in [2.45, 2.75) is 152 Å². The number of rotatable bonds is 13. The van der Waals surface area contributed by atoms with Crippen LogP contribution >= 0.6 is 11.6 Å². The Morgan fingerprint density at radius 1 is 0.628 bits per heavy atom. The van der Waals surface area contributed by atoms with E-state index in [1.165, 1.54) is 27.8 Å². The Morgan fingerprint density at radius 2 is 1.00 bits per heavy atom. The molecule has 94 heavy (non-hydrogen) atoms. The molecule has 3 amide bonds. The van der Waals surface area contributed by atoms with E-state index in [9.17, 15) is 14.4 Å². The number of hydrogen-bond acceptors (Lipinski definition) is 12. The predicted octanol–water partition coefficient (Wildman–Crippen LogP) is 18.2. The highest BCUT2D eigenvalue weighted by atomic mass is 35.5. The lowest BCUT2D eigenvalue weighted by Crippen LogP contribution is -2.47. The zero-order valence-corrected chi connectivity index (χ0v) is 58.8. The van der Waals surface area contributed by atoms with Gasteiger partial charge in [-0.05, 0) is 185 Å². The molecule has 0 saturated carbocycles. The van der Waals surface area contributed by atoms with Gasteiger partial charge in [0.15, 0.2) is 0 Å². The monoisotopic (exact) mass is 1300 g/mol. The molecule has 18 nitrogen and oxygen atoms in total. The van der Waals surface area contributed by atoms with Gasteiger partial charge in [-0.15, -0.1) is 11.6 Å². The van der Waals surface area contributed by atoms with Gasteiger partial charge < -0.3 is 25.7 Å². The molecule has 7 N–H and O–H groups in total. The van der Waals surface area contributed by atoms with Crippen molar-refractivity contribution in [3.8, 4) is 0 Å². The number of guanidine groups is 1. The van der Waals surface area contributed by atoms with Crippen molar-refractivity contribution in [3.05, 3.63) is 238 Å². The van der Waals surface area contributed by atoms with Crippen LogP contribution in [0.1, 0.15) is 155 Å². The van der Waals surface area contributed by atoms with Gasteiger partial charge in [-0.1, -0.05) is 188 Å². The number of alkyl halides is 1. The highest BCUT2D eigenvalue weighted by molar-refractivity contribution is 6.19. The van der Waals surface area contributed by atoms with Gasteiger partial charge in [0, 0.05) is 36.0 Å². The van der Waals surface area contributed by atoms with E-state index in [1.807, 2.05) is 161 Å². The number of aliphatic imine (C=N–C) groups is 2. The molecule has 1 unspecified atom stereocenters. The van der Waals surface area contributed by atoms with Crippen LogP contribution < -0.4 is 27.4 Å². The smallest absolute Gasteiger partial charge is 0.414 e. The third kappa shape index (κ3) is 35.4. The number of azide groups is 1. The molecule has 1 atom stereocenters. The molecule has 0 saturated heterocycles. The molecular weight excluding hydrogens is 1200 g/mol. The molecule has 19 heteroatoms. The van der Waals surface area contributed by atoms with Crippen LogP contribution in [0.2, 0.25) is 0 Å². The van der Waals surface area contributed by atoms with Gasteiger partial charge in [-0.25, -0.2) is 24.1 Å². The van der Waals surface area contributed by atoms with E-state index in [2.05, 4.69) is 117 Å². The van der Waals surface area contributed by atoms with Crippen LogP contribution in [0.3, 0.4) is 0 Å². The first kappa shape index (κ1) is 80.6. The standard InChI is InChI=1S/C21H31N3O4.C12H19N3O2.C12H16N2.C10H11Cl.C10H11N3.C10H13N/c1-15(16-11-9-8-10-12-16)13-14-22-17(23-18(25)27-20(2,3)4)24-19(26)28-21(5,6)7;1-8-7-9(2)15(14-8)10(3)13-11(16)17-12(4,5)6;1-12(9-5-8-11(13)14-12)10-6-3-2-4-7-10;1-9(7-8-11)10-5-3-2-4-6-10;1-9(7-8-12-13-11)10-5-3-2-4-6-10;1-9(7-8-11)10-5-3-2-4-6-10/h8-13H,14H2,1-7H3,(H2,22,23,24,25,26);7H,3H2,1-2,4-6H3,(H,13,16);2-4,6-7H,5,8-9H2,1H3,(H2,13,14);2-7H,8H2,1H3;2-7H,8H2,1H3;2-7H,8,11H2,1H3. The van der Waals surface area contributed by atoms with Gasteiger partial charge in [0.1, 0.15) is 22.6 Å². The van der Waals surface area contributed by atoms with E-state index < -0.39 is 35.1 Å². The average Bonchev–Trinajstić information content (AvgIpc) is 1.05. The maximum atomic E-state index is 12.0. The number of halogens is 1. The van der Waals surface area contributed by atoms with Crippen LogP contribution in [0.5, 0.6) is 0 Å². The molecule has 1 aliphatic heterocycles. The van der Waals surface area contributed by atoms with Gasteiger partial charge in [-0.2, -0.15) is 5.10 Å². The zero-order chi connectivity index (χ0) is 70.3.